The van der Waals surface area contributed by atoms with Crippen LogP contribution in [0.3, 0.4) is 0 Å². The summed E-state index contributed by atoms with van der Waals surface area (Å²) >= 11 is 0. The number of nitrogens with zero attached hydrogens (tertiary/aromatic N) is 6. The smallest absolute Gasteiger partial charge is 0.340 e. The second kappa shape index (κ2) is 26.0. The third kappa shape index (κ3) is 12.7. The number of hydrogen-bond donors (Lipinski definition) is 0. The Morgan fingerprint density at radius 2 is 0.605 bits per heavy atom. The molecule has 0 saturated carbocycles. The van der Waals surface area contributed by atoms with Gasteiger partial charge in [0.15, 0.2) is 0 Å². The molecule has 3 heterocycles. The molecule has 6 nitrogen and oxygen atoms in total. The minimum atomic E-state index is 0. The van der Waals surface area contributed by atoms with Crippen LogP contribution in [0.25, 0.3) is 62.4 Å². The van der Waals surface area contributed by atoms with Gasteiger partial charge in [-0.05, 0) is 92.1 Å². The summed E-state index contributed by atoms with van der Waals surface area (Å²) in [5.41, 5.74) is 17.4. The molecule has 0 aliphatic carbocycles. The van der Waals surface area contributed by atoms with Crippen molar-refractivity contribution in [2.45, 2.75) is 119 Å². The van der Waals surface area contributed by atoms with E-state index in [1.807, 2.05) is 73.2 Å². The van der Waals surface area contributed by atoms with E-state index in [1.54, 1.807) is 0 Å². The van der Waals surface area contributed by atoms with Crippen molar-refractivity contribution < 1.29 is 20.1 Å². The molecule has 3 aromatic heterocycles. The van der Waals surface area contributed by atoms with Gasteiger partial charge in [0, 0.05) is 54.2 Å². The standard InChI is InChI=1S/C27H27N2.2C21H23N2.Ir/c1-19(2)24-17-23(21-11-7-5-8-12-21)18-25(20(3)4)26(24)29-16-15-28-27(29)22-13-9-6-10-14-22;2*1-15(2)18-11-8-12-19(16(3)4)20(18)23-14-13-22-21(23)17-9-6-5-7-10-17;/h5-13,15-20H,1-4H3;2*5-9,11-16H,1-4H3;/q3*-1;+3. The van der Waals surface area contributed by atoms with Crippen molar-refractivity contribution in [3.8, 4) is 62.4 Å². The van der Waals surface area contributed by atoms with Crippen LogP contribution in [0.15, 0.2) is 189 Å². The van der Waals surface area contributed by atoms with Gasteiger partial charge < -0.3 is 13.7 Å². The molecule has 0 fully saturated rings. The van der Waals surface area contributed by atoms with E-state index in [-0.39, 0.29) is 20.1 Å². The molecule has 0 N–H and O–H groups in total. The Balaban J connectivity index is 0.000000166. The average Bonchev–Trinajstić information content (AvgIpc) is 4.24. The quantitative estimate of drug-likeness (QED) is 0.108. The summed E-state index contributed by atoms with van der Waals surface area (Å²) in [7, 11) is 0. The van der Waals surface area contributed by atoms with Gasteiger partial charge in [-0.25, -0.2) is 0 Å². The van der Waals surface area contributed by atoms with Gasteiger partial charge in [0.25, 0.3) is 0 Å². The molecular weight excluding hydrogens is 1110 g/mol. The second-order valence-corrected chi connectivity index (χ2v) is 21.1. The number of benzene rings is 7. The van der Waals surface area contributed by atoms with Crippen molar-refractivity contribution in [2.24, 2.45) is 0 Å². The molecule has 0 atom stereocenters. The average molecular weight is 1180 g/mol. The van der Waals surface area contributed by atoms with E-state index in [0.29, 0.717) is 35.5 Å². The van der Waals surface area contributed by atoms with Crippen LogP contribution in [0, 0.1) is 18.2 Å². The third-order valence-corrected chi connectivity index (χ3v) is 13.7. The zero-order chi connectivity index (χ0) is 53.2. The first kappa shape index (κ1) is 56.5. The Morgan fingerprint density at radius 3 is 0.882 bits per heavy atom. The van der Waals surface area contributed by atoms with Gasteiger partial charge in [0.1, 0.15) is 0 Å². The molecule has 10 aromatic rings. The zero-order valence-electron chi connectivity index (χ0n) is 46.4. The maximum atomic E-state index is 4.68. The second-order valence-electron chi connectivity index (χ2n) is 21.1. The van der Waals surface area contributed by atoms with Crippen LogP contribution in [-0.4, -0.2) is 28.7 Å². The van der Waals surface area contributed by atoms with Gasteiger partial charge >= 0.3 is 20.1 Å². The monoisotopic (exact) mass is 1180 g/mol. The fraction of sp³-hybridized carbons (Fsp3) is 0.261. The number of rotatable bonds is 13. The molecule has 0 bridgehead atoms. The molecule has 7 aromatic carbocycles. The van der Waals surface area contributed by atoms with Gasteiger partial charge in [-0.1, -0.05) is 150 Å². The minimum absolute atomic E-state index is 0. The van der Waals surface area contributed by atoms with E-state index in [9.17, 15) is 0 Å². The summed E-state index contributed by atoms with van der Waals surface area (Å²) < 4.78 is 6.68. The van der Waals surface area contributed by atoms with Crippen LogP contribution in [-0.2, 0) is 20.1 Å². The third-order valence-electron chi connectivity index (χ3n) is 13.7. The molecule has 7 heteroatoms. The number of hydrogen-bond acceptors (Lipinski definition) is 3. The first-order valence-electron chi connectivity index (χ1n) is 26.8. The van der Waals surface area contributed by atoms with E-state index in [4.69, 9.17) is 0 Å². The van der Waals surface area contributed by atoms with Gasteiger partial charge in [-0.3, -0.25) is 15.0 Å². The summed E-state index contributed by atoms with van der Waals surface area (Å²) in [5.74, 6) is 5.43. The molecule has 0 radical (unpaired) electrons. The molecule has 0 aliphatic rings. The SMILES string of the molecule is CC(C)c1cc(-c2ccccc2)cc(C(C)C)c1-n1ccnc1-c1[c-]cccc1.CC(C)c1cccc(C(C)C)c1-n1ccnc1-c1[c-]cccc1.CC(C)c1cccc(C(C)C)c1-n1ccnc1-c1[c-]cccc1.[Ir+3]. The molecule has 10 rings (SSSR count). The Bertz CT molecular complexity index is 3160. The number of imidazole rings is 3. The summed E-state index contributed by atoms with van der Waals surface area (Å²) in [6.45, 7) is 27.0. The van der Waals surface area contributed by atoms with Gasteiger partial charge in [0.2, 0.25) is 0 Å². The molecule has 388 valence electrons. The first-order valence-corrected chi connectivity index (χ1v) is 26.8. The van der Waals surface area contributed by atoms with E-state index in [2.05, 4.69) is 246 Å². The zero-order valence-corrected chi connectivity index (χ0v) is 48.8. The van der Waals surface area contributed by atoms with Crippen LogP contribution in [0.1, 0.15) is 152 Å². The summed E-state index contributed by atoms with van der Waals surface area (Å²) in [6.07, 6.45) is 11.8. The minimum Gasteiger partial charge on any atom is -0.340 e. The topological polar surface area (TPSA) is 53.5 Å². The van der Waals surface area contributed by atoms with Crippen LogP contribution >= 0.6 is 0 Å². The largest absolute Gasteiger partial charge is 3.00 e. The number of aromatic nitrogens is 6. The predicted octanol–water partition coefficient (Wildman–Crippen LogP) is 18.4. The molecule has 0 spiro atoms. The van der Waals surface area contributed by atoms with Gasteiger partial charge in [-0.15, -0.1) is 108 Å². The van der Waals surface area contributed by atoms with E-state index >= 15 is 0 Å². The molecule has 0 aliphatic heterocycles. The van der Waals surface area contributed by atoms with E-state index < -0.39 is 0 Å². The van der Waals surface area contributed by atoms with Crippen LogP contribution < -0.4 is 0 Å². The van der Waals surface area contributed by atoms with E-state index in [1.165, 1.54) is 61.6 Å². The summed E-state index contributed by atoms with van der Waals surface area (Å²) in [4.78, 5) is 13.9. The molecular formula is C69H73IrN6. The van der Waals surface area contributed by atoms with Gasteiger partial charge in [-0.2, -0.15) is 0 Å². The number of para-hydroxylation sites is 2. The summed E-state index contributed by atoms with van der Waals surface area (Å²) in [5, 5.41) is 0. The molecule has 0 amide bonds. The predicted molar refractivity (Wildman–Crippen MR) is 313 cm³/mol. The van der Waals surface area contributed by atoms with Crippen molar-refractivity contribution in [1.82, 2.24) is 28.7 Å². The molecule has 0 unspecified atom stereocenters. The Morgan fingerprint density at radius 1 is 0.316 bits per heavy atom. The maximum Gasteiger partial charge on any atom is 3.00 e. The van der Waals surface area contributed by atoms with Crippen LogP contribution in [0.4, 0.5) is 0 Å². The Hall–Kier alpha value is -7.18. The van der Waals surface area contributed by atoms with Crippen LogP contribution in [0.5, 0.6) is 0 Å². The molecule has 0 saturated heterocycles. The fourth-order valence-corrected chi connectivity index (χ4v) is 9.86. The van der Waals surface area contributed by atoms with E-state index in [0.717, 1.165) is 34.2 Å². The Labute approximate surface area is 467 Å². The maximum absolute atomic E-state index is 4.68. The Kier molecular flexibility index (Phi) is 19.4. The fourth-order valence-electron chi connectivity index (χ4n) is 9.86. The van der Waals surface area contributed by atoms with Crippen molar-refractivity contribution in [1.29, 1.82) is 0 Å². The van der Waals surface area contributed by atoms with Crippen molar-refractivity contribution >= 4 is 0 Å². The van der Waals surface area contributed by atoms with Crippen molar-refractivity contribution in [3.63, 3.8) is 0 Å². The molecule has 76 heavy (non-hydrogen) atoms. The van der Waals surface area contributed by atoms with Crippen LogP contribution in [0.2, 0.25) is 0 Å². The summed E-state index contributed by atoms with van der Waals surface area (Å²) in [6, 6.07) is 62.6. The van der Waals surface area contributed by atoms with Gasteiger partial charge in [0.05, 0.1) is 17.5 Å². The first-order chi connectivity index (χ1) is 36.2. The normalized spacial score (nSPS) is 11.2. The van der Waals surface area contributed by atoms with Crippen molar-refractivity contribution in [3.05, 3.63) is 240 Å². The van der Waals surface area contributed by atoms with Crippen molar-refractivity contribution in [2.75, 3.05) is 0 Å².